The Hall–Kier alpha value is -2.62. The second kappa shape index (κ2) is 7.30. The zero-order valence-electron chi connectivity index (χ0n) is 14.6. The quantitative estimate of drug-likeness (QED) is 0.856. The summed E-state index contributed by atoms with van der Waals surface area (Å²) in [4.78, 5) is 27.0. The van der Waals surface area contributed by atoms with Gasteiger partial charge in [-0.2, -0.15) is 0 Å². The summed E-state index contributed by atoms with van der Waals surface area (Å²) in [5.41, 5.74) is 0.734. The van der Waals surface area contributed by atoms with Crippen molar-refractivity contribution < 1.29 is 14.3 Å². The van der Waals surface area contributed by atoms with Crippen LogP contribution in [0.2, 0.25) is 0 Å². The Labute approximate surface area is 143 Å². The molecule has 4 heteroatoms. The first-order valence-corrected chi connectivity index (χ1v) is 7.87. The van der Waals surface area contributed by atoms with Gasteiger partial charge in [0.15, 0.2) is 0 Å². The zero-order chi connectivity index (χ0) is 17.7. The van der Waals surface area contributed by atoms with Crippen LogP contribution in [-0.4, -0.2) is 23.8 Å². The van der Waals surface area contributed by atoms with E-state index in [0.717, 1.165) is 5.56 Å². The zero-order valence-corrected chi connectivity index (χ0v) is 14.6. The molecule has 2 rings (SSSR count). The average molecular weight is 325 g/mol. The van der Waals surface area contributed by atoms with E-state index in [9.17, 15) is 9.59 Å². The van der Waals surface area contributed by atoms with Gasteiger partial charge in [0.25, 0.3) is 5.91 Å². The SMILES string of the molecule is COc1ccc(C(=O)N(Cc2ccccc2)C(=O)C(C)(C)C)cc1. The summed E-state index contributed by atoms with van der Waals surface area (Å²) in [6, 6.07) is 16.3. The maximum absolute atomic E-state index is 12.9. The Morgan fingerprint density at radius 1 is 0.958 bits per heavy atom. The maximum atomic E-state index is 12.9. The topological polar surface area (TPSA) is 46.6 Å². The van der Waals surface area contributed by atoms with Crippen LogP contribution in [0.3, 0.4) is 0 Å². The molecule has 0 heterocycles. The van der Waals surface area contributed by atoms with Gasteiger partial charge in [-0.1, -0.05) is 51.1 Å². The molecule has 4 nitrogen and oxygen atoms in total. The molecule has 0 saturated heterocycles. The van der Waals surface area contributed by atoms with Crippen LogP contribution in [0.1, 0.15) is 36.7 Å². The molecular weight excluding hydrogens is 302 g/mol. The Morgan fingerprint density at radius 3 is 2.04 bits per heavy atom. The van der Waals surface area contributed by atoms with Crippen LogP contribution in [0.4, 0.5) is 0 Å². The summed E-state index contributed by atoms with van der Waals surface area (Å²) < 4.78 is 5.11. The van der Waals surface area contributed by atoms with E-state index in [-0.39, 0.29) is 18.4 Å². The molecule has 2 aromatic rings. The molecule has 0 radical (unpaired) electrons. The van der Waals surface area contributed by atoms with Crippen molar-refractivity contribution in [1.82, 2.24) is 4.90 Å². The predicted molar refractivity (Wildman–Crippen MR) is 93.8 cm³/mol. The van der Waals surface area contributed by atoms with Crippen molar-refractivity contribution in [2.75, 3.05) is 7.11 Å². The van der Waals surface area contributed by atoms with Crippen molar-refractivity contribution in [1.29, 1.82) is 0 Å². The van der Waals surface area contributed by atoms with Crippen LogP contribution in [0.25, 0.3) is 0 Å². The molecule has 0 saturated carbocycles. The molecule has 0 aliphatic rings. The lowest BCUT2D eigenvalue weighted by atomic mass is 9.94. The average Bonchev–Trinajstić information content (AvgIpc) is 2.58. The molecule has 2 amide bonds. The number of benzene rings is 2. The minimum atomic E-state index is -0.642. The molecule has 0 N–H and O–H groups in total. The van der Waals surface area contributed by atoms with E-state index in [1.54, 1.807) is 31.4 Å². The number of hydrogen-bond donors (Lipinski definition) is 0. The van der Waals surface area contributed by atoms with E-state index in [1.165, 1.54) is 4.90 Å². The second-order valence-electron chi connectivity index (χ2n) is 6.66. The van der Waals surface area contributed by atoms with Gasteiger partial charge in [-0.15, -0.1) is 0 Å². The van der Waals surface area contributed by atoms with Crippen molar-refractivity contribution in [3.8, 4) is 5.75 Å². The minimum absolute atomic E-state index is 0.202. The lowest BCUT2D eigenvalue weighted by Crippen LogP contribution is -2.43. The predicted octanol–water partition coefficient (Wildman–Crippen LogP) is 3.91. The number of amides is 2. The van der Waals surface area contributed by atoms with E-state index in [4.69, 9.17) is 4.74 Å². The summed E-state index contributed by atoms with van der Waals surface area (Å²) in [5, 5.41) is 0. The molecule has 2 aromatic carbocycles. The van der Waals surface area contributed by atoms with E-state index in [1.807, 2.05) is 51.1 Å². The van der Waals surface area contributed by atoms with Gasteiger partial charge in [-0.25, -0.2) is 0 Å². The summed E-state index contributed by atoms with van der Waals surface area (Å²) in [6.45, 7) is 5.69. The van der Waals surface area contributed by atoms with E-state index in [2.05, 4.69) is 0 Å². The van der Waals surface area contributed by atoms with Crippen LogP contribution in [0, 0.1) is 5.41 Å². The Bertz CT molecular complexity index is 700. The van der Waals surface area contributed by atoms with Crippen LogP contribution < -0.4 is 4.74 Å². The number of carbonyl (C=O) groups is 2. The molecule has 0 fully saturated rings. The fourth-order valence-electron chi connectivity index (χ4n) is 2.30. The van der Waals surface area contributed by atoms with Crippen molar-refractivity contribution in [2.45, 2.75) is 27.3 Å². The highest BCUT2D eigenvalue weighted by molar-refractivity contribution is 6.06. The normalized spacial score (nSPS) is 11.0. The van der Waals surface area contributed by atoms with Gasteiger partial charge in [0.05, 0.1) is 13.7 Å². The van der Waals surface area contributed by atoms with Crippen LogP contribution in [0.15, 0.2) is 54.6 Å². The fraction of sp³-hybridized carbons (Fsp3) is 0.300. The third-order valence-corrected chi connectivity index (χ3v) is 3.65. The Kier molecular flexibility index (Phi) is 5.39. The molecule has 0 aromatic heterocycles. The molecule has 24 heavy (non-hydrogen) atoms. The van der Waals surface area contributed by atoms with E-state index in [0.29, 0.717) is 11.3 Å². The lowest BCUT2D eigenvalue weighted by molar-refractivity contribution is -0.137. The van der Waals surface area contributed by atoms with Crippen LogP contribution in [-0.2, 0) is 11.3 Å². The van der Waals surface area contributed by atoms with Gasteiger partial charge < -0.3 is 4.74 Å². The number of ether oxygens (including phenoxy) is 1. The van der Waals surface area contributed by atoms with Gasteiger partial charge in [0.1, 0.15) is 5.75 Å². The second-order valence-corrected chi connectivity index (χ2v) is 6.66. The van der Waals surface area contributed by atoms with Crippen molar-refractivity contribution in [3.05, 3.63) is 65.7 Å². The van der Waals surface area contributed by atoms with Crippen LogP contribution in [0.5, 0.6) is 5.75 Å². The first-order valence-electron chi connectivity index (χ1n) is 7.87. The number of rotatable bonds is 4. The third kappa shape index (κ3) is 4.22. The van der Waals surface area contributed by atoms with Crippen molar-refractivity contribution >= 4 is 11.8 Å². The number of hydrogen-bond acceptors (Lipinski definition) is 3. The smallest absolute Gasteiger partial charge is 0.260 e. The largest absolute Gasteiger partial charge is 0.497 e. The van der Waals surface area contributed by atoms with Crippen LogP contribution >= 0.6 is 0 Å². The summed E-state index contributed by atoms with van der Waals surface area (Å²) >= 11 is 0. The molecule has 0 spiro atoms. The lowest BCUT2D eigenvalue weighted by Gasteiger charge is -2.28. The monoisotopic (exact) mass is 325 g/mol. The maximum Gasteiger partial charge on any atom is 0.260 e. The molecule has 0 aliphatic heterocycles. The number of carbonyl (C=O) groups excluding carboxylic acids is 2. The Balaban J connectivity index is 2.33. The standard InChI is InChI=1S/C20H23NO3/c1-20(2,3)19(23)21(14-15-8-6-5-7-9-15)18(22)16-10-12-17(24-4)13-11-16/h5-13H,14H2,1-4H3. The summed E-state index contributed by atoms with van der Waals surface area (Å²) in [5.74, 6) is 0.164. The third-order valence-electron chi connectivity index (χ3n) is 3.65. The van der Waals surface area contributed by atoms with Gasteiger partial charge in [-0.05, 0) is 29.8 Å². The fourth-order valence-corrected chi connectivity index (χ4v) is 2.30. The highest BCUT2D eigenvalue weighted by Crippen LogP contribution is 2.22. The number of nitrogens with zero attached hydrogens (tertiary/aromatic N) is 1. The van der Waals surface area contributed by atoms with Crippen molar-refractivity contribution in [2.24, 2.45) is 5.41 Å². The molecular formula is C20H23NO3. The Morgan fingerprint density at radius 2 is 1.54 bits per heavy atom. The molecule has 0 unspecified atom stereocenters. The van der Waals surface area contributed by atoms with Gasteiger partial charge >= 0.3 is 0 Å². The highest BCUT2D eigenvalue weighted by atomic mass is 16.5. The van der Waals surface area contributed by atoms with E-state index >= 15 is 0 Å². The summed E-state index contributed by atoms with van der Waals surface area (Å²) in [6.07, 6.45) is 0. The first kappa shape index (κ1) is 17.7. The molecule has 0 atom stereocenters. The summed E-state index contributed by atoms with van der Waals surface area (Å²) in [7, 11) is 1.57. The van der Waals surface area contributed by atoms with Gasteiger partial charge in [0, 0.05) is 11.0 Å². The first-order chi connectivity index (χ1) is 11.3. The highest BCUT2D eigenvalue weighted by Gasteiger charge is 2.32. The molecule has 0 bridgehead atoms. The van der Waals surface area contributed by atoms with Gasteiger partial charge in [-0.3, -0.25) is 14.5 Å². The van der Waals surface area contributed by atoms with Crippen molar-refractivity contribution in [3.63, 3.8) is 0 Å². The van der Waals surface area contributed by atoms with E-state index < -0.39 is 5.41 Å². The van der Waals surface area contributed by atoms with Gasteiger partial charge in [0.2, 0.25) is 5.91 Å². The number of imide groups is 1. The minimum Gasteiger partial charge on any atom is -0.497 e. The molecule has 126 valence electrons. The number of methoxy groups -OCH3 is 1. The molecule has 0 aliphatic carbocycles.